The van der Waals surface area contributed by atoms with E-state index in [1.807, 2.05) is 35.2 Å². The van der Waals surface area contributed by atoms with Gasteiger partial charge in [0.25, 0.3) is 0 Å². The van der Waals surface area contributed by atoms with Crippen LogP contribution in [0.2, 0.25) is 10.0 Å². The summed E-state index contributed by atoms with van der Waals surface area (Å²) in [5.41, 5.74) is 2.90. The highest BCUT2D eigenvalue weighted by Crippen LogP contribution is 2.24. The van der Waals surface area contributed by atoms with Crippen LogP contribution in [0, 0.1) is 6.92 Å². The lowest BCUT2D eigenvalue weighted by atomic mass is 10.2. The van der Waals surface area contributed by atoms with Gasteiger partial charge in [-0.15, -0.1) is 10.2 Å². The van der Waals surface area contributed by atoms with E-state index in [1.165, 1.54) is 0 Å². The molecule has 156 valence electrons. The highest BCUT2D eigenvalue weighted by Gasteiger charge is 2.21. The molecule has 0 saturated carbocycles. The lowest BCUT2D eigenvalue weighted by molar-refractivity contribution is 0.194. The van der Waals surface area contributed by atoms with Crippen LogP contribution < -0.4 is 10.2 Å². The molecule has 1 N–H and O–H groups in total. The van der Waals surface area contributed by atoms with Crippen molar-refractivity contribution in [1.82, 2.24) is 20.4 Å². The average Bonchev–Trinajstić information content (AvgIpc) is 3.21. The SMILES string of the molecule is Cc1nnc(-c2ccc(N3CCN(C(=O)NCc4ccc(Cl)c(Cl)c4)CC3)cc2)o1. The number of nitrogens with one attached hydrogen (secondary N) is 1. The number of aryl methyl sites for hydroxylation is 1. The van der Waals surface area contributed by atoms with Gasteiger partial charge in [0.2, 0.25) is 11.8 Å². The predicted octanol–water partition coefficient (Wildman–Crippen LogP) is 4.38. The molecule has 30 heavy (non-hydrogen) atoms. The highest BCUT2D eigenvalue weighted by atomic mass is 35.5. The predicted molar refractivity (Wildman–Crippen MR) is 117 cm³/mol. The molecule has 2 amide bonds. The summed E-state index contributed by atoms with van der Waals surface area (Å²) in [4.78, 5) is 16.6. The fourth-order valence-electron chi connectivity index (χ4n) is 3.33. The van der Waals surface area contributed by atoms with Crippen LogP contribution in [-0.2, 0) is 6.54 Å². The Hall–Kier alpha value is -2.77. The van der Waals surface area contributed by atoms with Crippen LogP contribution in [0.15, 0.2) is 46.9 Å². The molecule has 4 rings (SSSR count). The Morgan fingerprint density at radius 2 is 1.77 bits per heavy atom. The quantitative estimate of drug-likeness (QED) is 0.644. The molecular weight excluding hydrogens is 425 g/mol. The number of hydrogen-bond donors (Lipinski definition) is 1. The molecule has 7 nitrogen and oxygen atoms in total. The van der Waals surface area contributed by atoms with E-state index in [9.17, 15) is 4.79 Å². The molecule has 0 atom stereocenters. The molecule has 0 bridgehead atoms. The van der Waals surface area contributed by atoms with Crippen molar-refractivity contribution in [3.63, 3.8) is 0 Å². The molecule has 0 spiro atoms. The standard InChI is InChI=1S/C21H21Cl2N5O2/c1-14-25-26-20(30-14)16-3-5-17(6-4-16)27-8-10-28(11-9-27)21(29)24-13-15-2-7-18(22)19(23)12-15/h2-7,12H,8-11,13H2,1H3,(H,24,29). The lowest BCUT2D eigenvalue weighted by Crippen LogP contribution is -2.51. The zero-order valence-electron chi connectivity index (χ0n) is 16.4. The Labute approximate surface area is 184 Å². The number of piperazine rings is 1. The molecular formula is C21H21Cl2N5O2. The molecule has 1 saturated heterocycles. The molecule has 1 aromatic heterocycles. The number of benzene rings is 2. The Balaban J connectivity index is 1.29. The van der Waals surface area contributed by atoms with Gasteiger partial charge in [0.15, 0.2) is 0 Å². The summed E-state index contributed by atoms with van der Waals surface area (Å²) >= 11 is 12.0. The van der Waals surface area contributed by atoms with E-state index >= 15 is 0 Å². The number of rotatable bonds is 4. The topological polar surface area (TPSA) is 74.5 Å². The van der Waals surface area contributed by atoms with Gasteiger partial charge in [-0.1, -0.05) is 29.3 Å². The zero-order chi connectivity index (χ0) is 21.1. The van der Waals surface area contributed by atoms with Crippen LogP contribution in [0.25, 0.3) is 11.5 Å². The second-order valence-corrected chi connectivity index (χ2v) is 7.87. The number of anilines is 1. The van der Waals surface area contributed by atoms with Crippen LogP contribution in [0.1, 0.15) is 11.5 Å². The third-order valence-electron chi connectivity index (χ3n) is 5.00. The van der Waals surface area contributed by atoms with Crippen molar-refractivity contribution >= 4 is 34.9 Å². The Kier molecular flexibility index (Phi) is 6.11. The first kappa shape index (κ1) is 20.5. The number of hydrogen-bond acceptors (Lipinski definition) is 5. The van der Waals surface area contributed by atoms with Crippen molar-refractivity contribution in [2.24, 2.45) is 0 Å². The number of halogens is 2. The maximum absolute atomic E-state index is 12.5. The van der Waals surface area contributed by atoms with Gasteiger partial charge in [0.05, 0.1) is 10.0 Å². The monoisotopic (exact) mass is 445 g/mol. The number of carbonyl (C=O) groups excluding carboxylic acids is 1. The summed E-state index contributed by atoms with van der Waals surface area (Å²) in [6.07, 6.45) is 0. The number of carbonyl (C=O) groups is 1. The smallest absolute Gasteiger partial charge is 0.317 e. The highest BCUT2D eigenvalue weighted by molar-refractivity contribution is 6.42. The molecule has 1 aliphatic rings. The first-order chi connectivity index (χ1) is 14.5. The zero-order valence-corrected chi connectivity index (χ0v) is 18.0. The van der Waals surface area contributed by atoms with Crippen molar-refractivity contribution in [3.8, 4) is 11.5 Å². The average molecular weight is 446 g/mol. The Morgan fingerprint density at radius 1 is 1.03 bits per heavy atom. The summed E-state index contributed by atoms with van der Waals surface area (Å²) in [6, 6.07) is 13.3. The molecule has 0 aliphatic carbocycles. The maximum atomic E-state index is 12.5. The van der Waals surface area contributed by atoms with Gasteiger partial charge in [-0.2, -0.15) is 0 Å². The molecule has 0 unspecified atom stereocenters. The van der Waals surface area contributed by atoms with Crippen LogP contribution in [0.5, 0.6) is 0 Å². The van der Waals surface area contributed by atoms with Gasteiger partial charge in [-0.05, 0) is 42.0 Å². The van der Waals surface area contributed by atoms with E-state index in [-0.39, 0.29) is 6.03 Å². The van der Waals surface area contributed by atoms with E-state index in [0.29, 0.717) is 41.5 Å². The Bertz CT molecular complexity index is 1030. The molecule has 1 aliphatic heterocycles. The van der Waals surface area contributed by atoms with Gasteiger partial charge < -0.3 is 19.5 Å². The second kappa shape index (κ2) is 8.93. The third-order valence-corrected chi connectivity index (χ3v) is 5.74. The summed E-state index contributed by atoms with van der Waals surface area (Å²) in [7, 11) is 0. The summed E-state index contributed by atoms with van der Waals surface area (Å²) in [5, 5.41) is 11.8. The van der Waals surface area contributed by atoms with Crippen molar-refractivity contribution in [2.75, 3.05) is 31.1 Å². The van der Waals surface area contributed by atoms with Gasteiger partial charge in [-0.25, -0.2) is 4.79 Å². The summed E-state index contributed by atoms with van der Waals surface area (Å²) in [5.74, 6) is 1.06. The molecule has 2 aromatic carbocycles. The minimum absolute atomic E-state index is 0.0807. The fraction of sp³-hybridized carbons (Fsp3) is 0.286. The second-order valence-electron chi connectivity index (χ2n) is 7.05. The fourth-order valence-corrected chi connectivity index (χ4v) is 3.66. The summed E-state index contributed by atoms with van der Waals surface area (Å²) < 4.78 is 5.46. The number of urea groups is 1. The van der Waals surface area contributed by atoms with E-state index in [0.717, 1.165) is 29.9 Å². The van der Waals surface area contributed by atoms with E-state index < -0.39 is 0 Å². The summed E-state index contributed by atoms with van der Waals surface area (Å²) in [6.45, 7) is 5.01. The molecule has 2 heterocycles. The Morgan fingerprint density at radius 3 is 2.40 bits per heavy atom. The lowest BCUT2D eigenvalue weighted by Gasteiger charge is -2.36. The first-order valence-corrected chi connectivity index (χ1v) is 10.4. The number of amides is 2. The number of nitrogens with zero attached hydrogens (tertiary/aromatic N) is 4. The normalized spacial score (nSPS) is 14.1. The van der Waals surface area contributed by atoms with Gasteiger partial charge in [0.1, 0.15) is 0 Å². The van der Waals surface area contributed by atoms with E-state index in [4.69, 9.17) is 27.6 Å². The van der Waals surface area contributed by atoms with Crippen LogP contribution in [0.3, 0.4) is 0 Å². The molecule has 0 radical (unpaired) electrons. The van der Waals surface area contributed by atoms with E-state index in [2.05, 4.69) is 20.4 Å². The number of aromatic nitrogens is 2. The van der Waals surface area contributed by atoms with Crippen molar-refractivity contribution < 1.29 is 9.21 Å². The van der Waals surface area contributed by atoms with Gasteiger partial charge >= 0.3 is 6.03 Å². The van der Waals surface area contributed by atoms with Crippen LogP contribution in [-0.4, -0.2) is 47.3 Å². The minimum Gasteiger partial charge on any atom is -0.421 e. The van der Waals surface area contributed by atoms with Crippen molar-refractivity contribution in [1.29, 1.82) is 0 Å². The van der Waals surface area contributed by atoms with Crippen molar-refractivity contribution in [2.45, 2.75) is 13.5 Å². The van der Waals surface area contributed by atoms with Gasteiger partial charge in [-0.3, -0.25) is 0 Å². The van der Waals surface area contributed by atoms with Crippen molar-refractivity contribution in [3.05, 3.63) is 64.0 Å². The maximum Gasteiger partial charge on any atom is 0.317 e. The largest absolute Gasteiger partial charge is 0.421 e. The third kappa shape index (κ3) is 4.68. The van der Waals surface area contributed by atoms with Gasteiger partial charge in [0, 0.05) is 50.9 Å². The van der Waals surface area contributed by atoms with Crippen LogP contribution >= 0.6 is 23.2 Å². The molecule has 9 heteroatoms. The minimum atomic E-state index is -0.0807. The first-order valence-electron chi connectivity index (χ1n) is 9.62. The molecule has 3 aromatic rings. The molecule has 1 fully saturated rings. The van der Waals surface area contributed by atoms with E-state index in [1.54, 1.807) is 19.1 Å². The van der Waals surface area contributed by atoms with Crippen LogP contribution in [0.4, 0.5) is 10.5 Å².